The van der Waals surface area contributed by atoms with Gasteiger partial charge in [-0.05, 0) is 55.7 Å². The lowest BCUT2D eigenvalue weighted by atomic mass is 10.1. The van der Waals surface area contributed by atoms with E-state index in [1.807, 2.05) is 41.3 Å². The van der Waals surface area contributed by atoms with Crippen LogP contribution in [-0.4, -0.2) is 48.1 Å². The van der Waals surface area contributed by atoms with Gasteiger partial charge in [-0.1, -0.05) is 11.6 Å². The highest BCUT2D eigenvalue weighted by Crippen LogP contribution is 2.23. The monoisotopic (exact) mass is 399 g/mol. The van der Waals surface area contributed by atoms with Gasteiger partial charge in [-0.2, -0.15) is 0 Å². The van der Waals surface area contributed by atoms with Gasteiger partial charge in [0.05, 0.1) is 0 Å². The smallest absolute Gasteiger partial charge is 0.272 e. The standard InChI is InChI=1S/C22H26ClN3O2/c23-17-4-6-19(7-5-17)28-20-9-14-26(15-10-20)22(27)21-16-18(8-11-24-21)25-12-2-1-3-13-25/h4-8,11,16,20H,1-3,9-10,12-15H2. The van der Waals surface area contributed by atoms with Crippen LogP contribution in [0, 0.1) is 0 Å². The zero-order valence-corrected chi connectivity index (χ0v) is 16.8. The van der Waals surface area contributed by atoms with Gasteiger partial charge in [0.2, 0.25) is 0 Å². The maximum atomic E-state index is 12.9. The third-order valence-electron chi connectivity index (χ3n) is 5.53. The number of aromatic nitrogens is 1. The molecule has 1 aromatic carbocycles. The first-order valence-corrected chi connectivity index (χ1v) is 10.5. The molecule has 2 aliphatic rings. The van der Waals surface area contributed by atoms with Crippen molar-refractivity contribution in [2.24, 2.45) is 0 Å². The van der Waals surface area contributed by atoms with E-state index in [0.717, 1.165) is 37.4 Å². The molecule has 0 saturated carbocycles. The topological polar surface area (TPSA) is 45.7 Å². The molecule has 0 radical (unpaired) electrons. The summed E-state index contributed by atoms with van der Waals surface area (Å²) in [6, 6.07) is 11.4. The average molecular weight is 400 g/mol. The van der Waals surface area contributed by atoms with Gasteiger partial charge in [0, 0.05) is 55.9 Å². The van der Waals surface area contributed by atoms with Crippen LogP contribution in [0.2, 0.25) is 5.02 Å². The van der Waals surface area contributed by atoms with Crippen LogP contribution in [0.1, 0.15) is 42.6 Å². The summed E-state index contributed by atoms with van der Waals surface area (Å²) in [7, 11) is 0. The molecule has 0 spiro atoms. The van der Waals surface area contributed by atoms with E-state index in [0.29, 0.717) is 23.8 Å². The van der Waals surface area contributed by atoms with Gasteiger partial charge in [0.15, 0.2) is 0 Å². The molecule has 1 amide bonds. The second-order valence-electron chi connectivity index (χ2n) is 7.51. The number of likely N-dealkylation sites (tertiary alicyclic amines) is 1. The molecule has 5 nitrogen and oxygen atoms in total. The number of nitrogens with zero attached hydrogens (tertiary/aromatic N) is 3. The Kier molecular flexibility index (Phi) is 6.01. The summed E-state index contributed by atoms with van der Waals surface area (Å²) in [5.74, 6) is 0.842. The molecule has 1 aromatic heterocycles. The summed E-state index contributed by atoms with van der Waals surface area (Å²) in [6.45, 7) is 3.50. The lowest BCUT2D eigenvalue weighted by Crippen LogP contribution is -2.42. The number of benzene rings is 1. The van der Waals surface area contributed by atoms with Crippen molar-refractivity contribution in [3.8, 4) is 5.75 Å². The number of anilines is 1. The quantitative estimate of drug-likeness (QED) is 0.764. The van der Waals surface area contributed by atoms with E-state index >= 15 is 0 Å². The van der Waals surface area contributed by atoms with E-state index in [1.165, 1.54) is 19.3 Å². The largest absolute Gasteiger partial charge is 0.490 e. The van der Waals surface area contributed by atoms with Crippen molar-refractivity contribution in [3.05, 3.63) is 53.3 Å². The van der Waals surface area contributed by atoms with Gasteiger partial charge >= 0.3 is 0 Å². The van der Waals surface area contributed by atoms with Crippen LogP contribution in [0.25, 0.3) is 0 Å². The lowest BCUT2D eigenvalue weighted by Gasteiger charge is -2.32. The van der Waals surface area contributed by atoms with Crippen molar-refractivity contribution in [1.82, 2.24) is 9.88 Å². The van der Waals surface area contributed by atoms with Crippen LogP contribution in [0.15, 0.2) is 42.6 Å². The zero-order valence-electron chi connectivity index (χ0n) is 16.0. The minimum absolute atomic E-state index is 0.0174. The Balaban J connectivity index is 1.34. The van der Waals surface area contributed by atoms with Crippen LogP contribution in [-0.2, 0) is 0 Å². The number of hydrogen-bond donors (Lipinski definition) is 0. The second-order valence-corrected chi connectivity index (χ2v) is 7.95. The summed E-state index contributed by atoms with van der Waals surface area (Å²) >= 11 is 5.92. The van der Waals surface area contributed by atoms with Gasteiger partial charge in [-0.3, -0.25) is 9.78 Å². The van der Waals surface area contributed by atoms with E-state index in [4.69, 9.17) is 16.3 Å². The molecule has 6 heteroatoms. The van der Waals surface area contributed by atoms with Gasteiger partial charge in [0.25, 0.3) is 5.91 Å². The number of hydrogen-bond acceptors (Lipinski definition) is 4. The highest BCUT2D eigenvalue weighted by molar-refractivity contribution is 6.30. The molecule has 0 unspecified atom stereocenters. The fraction of sp³-hybridized carbons (Fsp3) is 0.455. The Hall–Kier alpha value is -2.27. The first kappa shape index (κ1) is 19.1. The van der Waals surface area contributed by atoms with Crippen molar-refractivity contribution in [1.29, 1.82) is 0 Å². The number of rotatable bonds is 4. The normalized spacial score (nSPS) is 18.2. The molecule has 2 aliphatic heterocycles. The SMILES string of the molecule is O=C(c1cc(N2CCCCC2)ccn1)N1CCC(Oc2ccc(Cl)cc2)CC1. The van der Waals surface area contributed by atoms with Gasteiger partial charge < -0.3 is 14.5 Å². The lowest BCUT2D eigenvalue weighted by molar-refractivity contribution is 0.0590. The fourth-order valence-corrected chi connectivity index (χ4v) is 4.06. The van der Waals surface area contributed by atoms with E-state index < -0.39 is 0 Å². The molecule has 148 valence electrons. The predicted molar refractivity (Wildman–Crippen MR) is 111 cm³/mol. The fourth-order valence-electron chi connectivity index (χ4n) is 3.93. The Bertz CT molecular complexity index is 798. The number of carbonyl (C=O) groups excluding carboxylic acids is 1. The Morgan fingerprint density at radius 1 is 1.00 bits per heavy atom. The van der Waals surface area contributed by atoms with Gasteiger partial charge in [-0.25, -0.2) is 0 Å². The second kappa shape index (κ2) is 8.82. The highest BCUT2D eigenvalue weighted by atomic mass is 35.5. The molecule has 0 bridgehead atoms. The minimum Gasteiger partial charge on any atom is -0.490 e. The zero-order chi connectivity index (χ0) is 19.3. The molecule has 0 N–H and O–H groups in total. The van der Waals surface area contributed by atoms with Crippen molar-refractivity contribution in [3.63, 3.8) is 0 Å². The minimum atomic E-state index is 0.0174. The molecule has 4 rings (SSSR count). The first-order valence-electron chi connectivity index (χ1n) is 10.1. The van der Waals surface area contributed by atoms with E-state index in [-0.39, 0.29) is 12.0 Å². The van der Waals surface area contributed by atoms with Crippen LogP contribution in [0.4, 0.5) is 5.69 Å². The Morgan fingerprint density at radius 3 is 2.43 bits per heavy atom. The third kappa shape index (κ3) is 4.58. The van der Waals surface area contributed by atoms with Gasteiger partial charge in [0.1, 0.15) is 17.5 Å². The highest BCUT2D eigenvalue weighted by Gasteiger charge is 2.26. The predicted octanol–water partition coefficient (Wildman–Crippen LogP) is 4.41. The van der Waals surface area contributed by atoms with E-state index in [9.17, 15) is 4.79 Å². The molecule has 28 heavy (non-hydrogen) atoms. The molecule has 0 aliphatic carbocycles. The molecular weight excluding hydrogens is 374 g/mol. The summed E-state index contributed by atoms with van der Waals surface area (Å²) in [5.41, 5.74) is 1.65. The summed E-state index contributed by atoms with van der Waals surface area (Å²) in [6.07, 6.45) is 7.24. The molecule has 2 aromatic rings. The summed E-state index contributed by atoms with van der Waals surface area (Å²) in [5, 5.41) is 0.701. The van der Waals surface area contributed by atoms with Crippen molar-refractivity contribution in [2.75, 3.05) is 31.1 Å². The Morgan fingerprint density at radius 2 is 1.71 bits per heavy atom. The number of halogens is 1. The van der Waals surface area contributed by atoms with Crippen LogP contribution >= 0.6 is 11.6 Å². The average Bonchev–Trinajstić information content (AvgIpc) is 2.76. The van der Waals surface area contributed by atoms with Crippen molar-refractivity contribution < 1.29 is 9.53 Å². The Labute approximate surface area is 171 Å². The van der Waals surface area contributed by atoms with E-state index in [2.05, 4.69) is 9.88 Å². The maximum absolute atomic E-state index is 12.9. The third-order valence-corrected chi connectivity index (χ3v) is 5.78. The molecule has 0 atom stereocenters. The number of piperidine rings is 2. The number of amides is 1. The number of pyridine rings is 1. The van der Waals surface area contributed by atoms with Crippen LogP contribution in [0.3, 0.4) is 0 Å². The molecule has 2 saturated heterocycles. The van der Waals surface area contributed by atoms with Crippen LogP contribution in [0.5, 0.6) is 5.75 Å². The number of ether oxygens (including phenoxy) is 1. The van der Waals surface area contributed by atoms with Crippen molar-refractivity contribution in [2.45, 2.75) is 38.2 Å². The molecule has 3 heterocycles. The summed E-state index contributed by atoms with van der Waals surface area (Å²) in [4.78, 5) is 21.5. The molecule has 2 fully saturated rings. The number of carbonyl (C=O) groups is 1. The van der Waals surface area contributed by atoms with Gasteiger partial charge in [-0.15, -0.1) is 0 Å². The summed E-state index contributed by atoms with van der Waals surface area (Å²) < 4.78 is 6.02. The first-order chi connectivity index (χ1) is 13.7. The molecular formula is C22H26ClN3O2. The van der Waals surface area contributed by atoms with E-state index in [1.54, 1.807) is 6.20 Å². The van der Waals surface area contributed by atoms with Crippen molar-refractivity contribution >= 4 is 23.2 Å². The van der Waals surface area contributed by atoms with Crippen LogP contribution < -0.4 is 9.64 Å². The maximum Gasteiger partial charge on any atom is 0.272 e.